The first kappa shape index (κ1) is 10.4. The Kier molecular flexibility index (Phi) is 3.10. The van der Waals surface area contributed by atoms with E-state index in [9.17, 15) is 0 Å². The molecule has 1 heterocycles. The average molecular weight is 292 g/mol. The first-order chi connectivity index (χ1) is 5.20. The van der Waals surface area contributed by atoms with Gasteiger partial charge in [0.1, 0.15) is 0 Å². The molecule has 2 heteroatoms. The predicted molar refractivity (Wildman–Crippen MR) is 65.6 cm³/mol. The number of benzene rings is 1. The molecule has 0 fully saturated rings. The zero-order valence-corrected chi connectivity index (χ0v) is 10.5. The van der Waals surface area contributed by atoms with Crippen LogP contribution < -0.4 is 0 Å². The van der Waals surface area contributed by atoms with Crippen molar-refractivity contribution in [3.05, 3.63) is 29.8 Å². The Labute approximate surface area is 95.2 Å². The van der Waals surface area contributed by atoms with Crippen LogP contribution in [0.3, 0.4) is 0 Å². The van der Waals surface area contributed by atoms with Gasteiger partial charge in [0.2, 0.25) is 0 Å². The molecule has 1 aliphatic rings. The minimum absolute atomic E-state index is 0. The first-order valence-corrected chi connectivity index (χ1v) is 4.91. The maximum absolute atomic E-state index is 2.31. The van der Waals surface area contributed by atoms with Crippen molar-refractivity contribution in [2.75, 3.05) is 5.75 Å². The molecule has 0 bridgehead atoms. The van der Waals surface area contributed by atoms with Gasteiger partial charge in [-0.05, 0) is 11.6 Å². The van der Waals surface area contributed by atoms with Gasteiger partial charge in [-0.15, -0.1) is 35.7 Å². The van der Waals surface area contributed by atoms with Crippen molar-refractivity contribution < 1.29 is 0 Å². The van der Waals surface area contributed by atoms with Gasteiger partial charge in [0.05, 0.1) is 0 Å². The van der Waals surface area contributed by atoms with Gasteiger partial charge in [-0.25, -0.2) is 0 Å². The number of rotatable bonds is 0. The summed E-state index contributed by atoms with van der Waals surface area (Å²) in [6.45, 7) is 4.62. The molecule has 1 aliphatic heterocycles. The Bertz CT molecular complexity index is 281. The van der Waals surface area contributed by atoms with Crippen LogP contribution in [0.4, 0.5) is 0 Å². The second-order valence-corrected chi connectivity index (χ2v) is 4.69. The van der Waals surface area contributed by atoms with Crippen LogP contribution in [0.2, 0.25) is 0 Å². The van der Waals surface area contributed by atoms with E-state index in [1.165, 1.54) is 16.2 Å². The van der Waals surface area contributed by atoms with Crippen LogP contribution in [0.25, 0.3) is 0 Å². The second-order valence-electron chi connectivity index (χ2n) is 3.67. The van der Waals surface area contributed by atoms with Gasteiger partial charge < -0.3 is 0 Å². The van der Waals surface area contributed by atoms with Crippen LogP contribution in [0, 0.1) is 0 Å². The molecular formula is C10H13IS. The topological polar surface area (TPSA) is 0 Å². The Balaban J connectivity index is 0.000000720. The minimum Gasteiger partial charge on any atom is -0.125 e. The summed E-state index contributed by atoms with van der Waals surface area (Å²) in [7, 11) is 0. The number of hydrogen-bond donors (Lipinski definition) is 0. The Morgan fingerprint density at radius 1 is 1.25 bits per heavy atom. The molecule has 1 aromatic rings. The fourth-order valence-corrected chi connectivity index (χ4v) is 2.83. The van der Waals surface area contributed by atoms with Crippen molar-refractivity contribution in [2.24, 2.45) is 0 Å². The van der Waals surface area contributed by atoms with E-state index in [1.54, 1.807) is 0 Å². The van der Waals surface area contributed by atoms with Crippen molar-refractivity contribution in [3.63, 3.8) is 0 Å². The molecular weight excluding hydrogens is 279 g/mol. The normalized spacial score (nSPS) is 18.2. The lowest BCUT2D eigenvalue weighted by Crippen LogP contribution is -2.15. The van der Waals surface area contributed by atoms with Gasteiger partial charge in [0, 0.05) is 16.1 Å². The summed E-state index contributed by atoms with van der Waals surface area (Å²) >= 11 is 1.97. The molecule has 0 unspecified atom stereocenters. The van der Waals surface area contributed by atoms with Crippen molar-refractivity contribution in [1.29, 1.82) is 0 Å². The van der Waals surface area contributed by atoms with E-state index in [2.05, 4.69) is 38.1 Å². The van der Waals surface area contributed by atoms with Crippen molar-refractivity contribution in [1.82, 2.24) is 0 Å². The maximum Gasteiger partial charge on any atom is 0.0110 e. The molecule has 0 amide bonds. The lowest BCUT2D eigenvalue weighted by atomic mass is 9.87. The van der Waals surface area contributed by atoms with Crippen LogP contribution in [-0.2, 0) is 5.41 Å². The molecule has 0 aliphatic carbocycles. The van der Waals surface area contributed by atoms with E-state index in [1.807, 2.05) is 11.8 Å². The zero-order valence-electron chi connectivity index (χ0n) is 7.33. The number of hydrogen-bond acceptors (Lipinski definition) is 1. The summed E-state index contributed by atoms with van der Waals surface area (Å²) in [5.41, 5.74) is 1.91. The Hall–Kier alpha value is 0.300. The van der Waals surface area contributed by atoms with Gasteiger partial charge in [0.15, 0.2) is 0 Å². The van der Waals surface area contributed by atoms with Crippen LogP contribution in [0.5, 0.6) is 0 Å². The average Bonchev–Trinajstić information content (AvgIpc) is 2.29. The van der Waals surface area contributed by atoms with E-state index in [0.29, 0.717) is 5.41 Å². The Morgan fingerprint density at radius 2 is 1.92 bits per heavy atom. The van der Waals surface area contributed by atoms with Gasteiger partial charge in [0.25, 0.3) is 0 Å². The molecule has 0 aromatic heterocycles. The molecule has 1 aromatic carbocycles. The molecule has 2 rings (SSSR count). The molecule has 66 valence electrons. The number of halogens is 1. The summed E-state index contributed by atoms with van der Waals surface area (Å²) in [6.07, 6.45) is 0. The van der Waals surface area contributed by atoms with Gasteiger partial charge in [-0.1, -0.05) is 32.0 Å². The van der Waals surface area contributed by atoms with Crippen molar-refractivity contribution in [2.45, 2.75) is 24.2 Å². The lowest BCUT2D eigenvalue weighted by Gasteiger charge is -2.16. The van der Waals surface area contributed by atoms with Gasteiger partial charge in [-0.2, -0.15) is 0 Å². The highest BCUT2D eigenvalue weighted by molar-refractivity contribution is 14.0. The van der Waals surface area contributed by atoms with Crippen molar-refractivity contribution >= 4 is 35.7 Å². The highest BCUT2D eigenvalue weighted by Gasteiger charge is 2.29. The third kappa shape index (κ3) is 1.64. The SMILES string of the molecule is CC1(C)CSc2ccccc21.I. The summed E-state index contributed by atoms with van der Waals surface area (Å²) in [5, 5.41) is 0. The zero-order chi connectivity index (χ0) is 7.90. The van der Waals surface area contributed by atoms with Gasteiger partial charge >= 0.3 is 0 Å². The predicted octanol–water partition coefficient (Wildman–Crippen LogP) is 3.69. The van der Waals surface area contributed by atoms with E-state index in [4.69, 9.17) is 0 Å². The fourth-order valence-electron chi connectivity index (χ4n) is 1.49. The van der Waals surface area contributed by atoms with Crippen LogP contribution in [0.1, 0.15) is 19.4 Å². The lowest BCUT2D eigenvalue weighted by molar-refractivity contribution is 0.605. The van der Waals surface area contributed by atoms with E-state index in [0.717, 1.165) is 0 Å². The summed E-state index contributed by atoms with van der Waals surface area (Å²) in [5.74, 6) is 1.23. The maximum atomic E-state index is 2.31. The minimum atomic E-state index is 0. The van der Waals surface area contributed by atoms with E-state index in [-0.39, 0.29) is 24.0 Å². The monoisotopic (exact) mass is 292 g/mol. The molecule has 0 N–H and O–H groups in total. The Morgan fingerprint density at radius 3 is 2.58 bits per heavy atom. The summed E-state index contributed by atoms with van der Waals surface area (Å²) in [6, 6.07) is 8.71. The standard InChI is InChI=1S/C10H12S.HI/c1-10(2)7-11-9-6-4-3-5-8(9)10;/h3-6H,7H2,1-2H3;1H. The molecule has 0 saturated carbocycles. The largest absolute Gasteiger partial charge is 0.125 e. The van der Waals surface area contributed by atoms with Crippen molar-refractivity contribution in [3.8, 4) is 0 Å². The third-order valence-corrected chi connectivity index (χ3v) is 3.74. The molecule has 0 nitrogen and oxygen atoms in total. The highest BCUT2D eigenvalue weighted by Crippen LogP contribution is 2.42. The molecule has 0 saturated heterocycles. The van der Waals surface area contributed by atoms with Crippen LogP contribution in [-0.4, -0.2) is 5.75 Å². The first-order valence-electron chi connectivity index (χ1n) is 3.92. The molecule has 12 heavy (non-hydrogen) atoms. The number of thioether (sulfide) groups is 1. The van der Waals surface area contributed by atoms with Crippen LogP contribution >= 0.6 is 35.7 Å². The fraction of sp³-hybridized carbons (Fsp3) is 0.400. The molecule has 0 radical (unpaired) electrons. The quantitative estimate of drug-likeness (QED) is 0.657. The van der Waals surface area contributed by atoms with E-state index < -0.39 is 0 Å². The van der Waals surface area contributed by atoms with E-state index >= 15 is 0 Å². The van der Waals surface area contributed by atoms with Gasteiger partial charge in [-0.3, -0.25) is 0 Å². The molecule has 0 spiro atoms. The summed E-state index contributed by atoms with van der Waals surface area (Å²) < 4.78 is 0. The summed E-state index contributed by atoms with van der Waals surface area (Å²) in [4.78, 5) is 1.47. The third-order valence-electron chi connectivity index (χ3n) is 2.20. The smallest absolute Gasteiger partial charge is 0.0110 e. The molecule has 0 atom stereocenters. The number of fused-ring (bicyclic) bond motifs is 1. The highest BCUT2D eigenvalue weighted by atomic mass is 127. The van der Waals surface area contributed by atoms with Crippen LogP contribution in [0.15, 0.2) is 29.2 Å². The second kappa shape index (κ2) is 3.58.